The number of ketones is 1. The van der Waals surface area contributed by atoms with Gasteiger partial charge in [-0.2, -0.15) is 0 Å². The Morgan fingerprint density at radius 1 is 1.21 bits per heavy atom. The molecule has 0 spiro atoms. The number of nitrogens with two attached hydrogens (primary N) is 1. The molecule has 0 fully saturated rings. The first-order valence-corrected chi connectivity index (χ1v) is 6.62. The molecule has 104 valence electrons. The summed E-state index contributed by atoms with van der Waals surface area (Å²) in [6.07, 6.45) is 1.24. The number of hydrogen-bond acceptors (Lipinski definition) is 3. The van der Waals surface area contributed by atoms with Gasteiger partial charge in [0.25, 0.3) is 0 Å². The molecule has 1 aromatic carbocycles. The van der Waals surface area contributed by atoms with Crippen molar-refractivity contribution in [3.8, 4) is 0 Å². The topological polar surface area (TPSA) is 72.2 Å². The molecule has 0 unspecified atom stereocenters. The van der Waals surface area contributed by atoms with E-state index in [4.69, 9.17) is 5.73 Å². The minimum atomic E-state index is -0.0906. The minimum Gasteiger partial charge on any atom is -0.356 e. The van der Waals surface area contributed by atoms with Gasteiger partial charge in [0, 0.05) is 24.9 Å². The molecule has 0 saturated carbocycles. The average molecular weight is 262 g/mol. The normalized spacial score (nSPS) is 10.3. The molecule has 0 radical (unpaired) electrons. The number of nitrogens with one attached hydrogen (secondary N) is 1. The molecule has 0 aliphatic carbocycles. The molecule has 0 aliphatic rings. The van der Waals surface area contributed by atoms with E-state index < -0.39 is 0 Å². The monoisotopic (exact) mass is 262 g/mol. The van der Waals surface area contributed by atoms with Crippen molar-refractivity contribution in [2.45, 2.75) is 33.1 Å². The number of benzene rings is 1. The van der Waals surface area contributed by atoms with Crippen LogP contribution in [0.15, 0.2) is 18.2 Å². The maximum atomic E-state index is 12.1. The average Bonchev–Trinajstić information content (AvgIpc) is 2.39. The van der Waals surface area contributed by atoms with E-state index in [1.54, 1.807) is 0 Å². The van der Waals surface area contributed by atoms with Crippen molar-refractivity contribution in [2.24, 2.45) is 5.73 Å². The Morgan fingerprint density at radius 3 is 2.63 bits per heavy atom. The Bertz CT molecular complexity index is 455. The maximum absolute atomic E-state index is 12.1. The van der Waals surface area contributed by atoms with Crippen LogP contribution >= 0.6 is 0 Å². The molecule has 0 heterocycles. The van der Waals surface area contributed by atoms with Crippen LogP contribution in [0.4, 0.5) is 0 Å². The lowest BCUT2D eigenvalue weighted by Gasteiger charge is -2.07. The summed E-state index contributed by atoms with van der Waals surface area (Å²) in [7, 11) is 0. The molecule has 19 heavy (non-hydrogen) atoms. The van der Waals surface area contributed by atoms with Gasteiger partial charge in [0.05, 0.1) is 0 Å². The second-order valence-corrected chi connectivity index (χ2v) is 4.73. The van der Waals surface area contributed by atoms with Crippen LogP contribution in [0, 0.1) is 13.8 Å². The molecule has 1 rings (SSSR count). The third-order valence-corrected chi connectivity index (χ3v) is 2.98. The first kappa shape index (κ1) is 15.4. The lowest BCUT2D eigenvalue weighted by molar-refractivity contribution is -0.121. The summed E-state index contributed by atoms with van der Waals surface area (Å²) in [6.45, 7) is 5.00. The molecular formula is C15H22N2O2. The molecule has 3 N–H and O–H groups in total. The molecule has 0 atom stereocenters. The fraction of sp³-hybridized carbons (Fsp3) is 0.467. The van der Waals surface area contributed by atoms with E-state index in [-0.39, 0.29) is 24.5 Å². The van der Waals surface area contributed by atoms with Crippen molar-refractivity contribution in [3.63, 3.8) is 0 Å². The first-order chi connectivity index (χ1) is 9.04. The second-order valence-electron chi connectivity index (χ2n) is 4.73. The summed E-state index contributed by atoms with van der Waals surface area (Å²) in [5.41, 5.74) is 8.07. The largest absolute Gasteiger partial charge is 0.356 e. The van der Waals surface area contributed by atoms with Crippen molar-refractivity contribution in [1.29, 1.82) is 0 Å². The predicted molar refractivity (Wildman–Crippen MR) is 76.2 cm³/mol. The van der Waals surface area contributed by atoms with E-state index in [0.717, 1.165) is 23.1 Å². The number of amides is 1. The number of hydrogen-bond donors (Lipinski definition) is 2. The van der Waals surface area contributed by atoms with Crippen LogP contribution in [-0.2, 0) is 4.79 Å². The molecule has 0 bridgehead atoms. The van der Waals surface area contributed by atoms with Crippen molar-refractivity contribution in [2.75, 3.05) is 13.1 Å². The van der Waals surface area contributed by atoms with Crippen LogP contribution in [0.5, 0.6) is 0 Å². The quantitative estimate of drug-likeness (QED) is 0.580. The third-order valence-electron chi connectivity index (χ3n) is 2.98. The fourth-order valence-electron chi connectivity index (χ4n) is 1.82. The first-order valence-electron chi connectivity index (χ1n) is 6.62. The Labute approximate surface area is 114 Å². The van der Waals surface area contributed by atoms with Gasteiger partial charge >= 0.3 is 0 Å². The van der Waals surface area contributed by atoms with Gasteiger partial charge in [0.15, 0.2) is 5.78 Å². The Morgan fingerprint density at radius 2 is 1.95 bits per heavy atom. The number of rotatable bonds is 7. The Balaban J connectivity index is 2.47. The second kappa shape index (κ2) is 7.69. The van der Waals surface area contributed by atoms with Crippen molar-refractivity contribution >= 4 is 11.7 Å². The van der Waals surface area contributed by atoms with E-state index in [2.05, 4.69) is 5.32 Å². The molecule has 0 aromatic heterocycles. The van der Waals surface area contributed by atoms with E-state index in [9.17, 15) is 9.59 Å². The minimum absolute atomic E-state index is 0.0233. The van der Waals surface area contributed by atoms with Gasteiger partial charge in [-0.15, -0.1) is 0 Å². The molecular weight excluding hydrogens is 240 g/mol. The smallest absolute Gasteiger partial charge is 0.220 e. The summed E-state index contributed by atoms with van der Waals surface area (Å²) in [4.78, 5) is 23.6. The van der Waals surface area contributed by atoms with Crippen LogP contribution in [-0.4, -0.2) is 24.8 Å². The van der Waals surface area contributed by atoms with Gasteiger partial charge in [-0.3, -0.25) is 9.59 Å². The van der Waals surface area contributed by atoms with E-state index >= 15 is 0 Å². The van der Waals surface area contributed by atoms with Crippen molar-refractivity contribution < 1.29 is 9.59 Å². The van der Waals surface area contributed by atoms with Gasteiger partial charge in [0.1, 0.15) is 0 Å². The predicted octanol–water partition coefficient (Wildman–Crippen LogP) is 1.73. The highest BCUT2D eigenvalue weighted by atomic mass is 16.2. The lowest BCUT2D eigenvalue weighted by Crippen LogP contribution is -2.26. The van der Waals surface area contributed by atoms with Gasteiger partial charge in [-0.1, -0.05) is 17.7 Å². The molecule has 0 saturated heterocycles. The number of aryl methyl sites for hydroxylation is 2. The highest BCUT2D eigenvalue weighted by molar-refractivity contribution is 5.99. The van der Waals surface area contributed by atoms with Gasteiger partial charge < -0.3 is 11.1 Å². The Kier molecular flexibility index (Phi) is 6.22. The van der Waals surface area contributed by atoms with Crippen LogP contribution in [0.25, 0.3) is 0 Å². The van der Waals surface area contributed by atoms with Crippen LogP contribution < -0.4 is 11.1 Å². The van der Waals surface area contributed by atoms with Gasteiger partial charge in [-0.25, -0.2) is 0 Å². The summed E-state index contributed by atoms with van der Waals surface area (Å²) in [5, 5.41) is 2.75. The highest BCUT2D eigenvalue weighted by Gasteiger charge is 2.11. The summed E-state index contributed by atoms with van der Waals surface area (Å²) in [5.74, 6) is -0.0673. The Hall–Kier alpha value is -1.68. The number of carbonyl (C=O) groups is 2. The van der Waals surface area contributed by atoms with Crippen LogP contribution in [0.2, 0.25) is 0 Å². The molecule has 4 heteroatoms. The van der Waals surface area contributed by atoms with Crippen molar-refractivity contribution in [3.05, 3.63) is 34.9 Å². The summed E-state index contributed by atoms with van der Waals surface area (Å²) < 4.78 is 0. The summed E-state index contributed by atoms with van der Waals surface area (Å²) in [6, 6.07) is 5.79. The zero-order valence-corrected chi connectivity index (χ0v) is 11.7. The summed E-state index contributed by atoms with van der Waals surface area (Å²) >= 11 is 0. The lowest BCUT2D eigenvalue weighted by atomic mass is 9.99. The zero-order valence-electron chi connectivity index (χ0n) is 11.7. The van der Waals surface area contributed by atoms with E-state index in [1.807, 2.05) is 32.0 Å². The van der Waals surface area contributed by atoms with Gasteiger partial charge in [-0.05, 0) is 38.4 Å². The van der Waals surface area contributed by atoms with Crippen LogP contribution in [0.3, 0.4) is 0 Å². The molecule has 0 aliphatic heterocycles. The number of Topliss-reactive ketones (excluding diaryl/α,β-unsaturated/α-hetero) is 1. The van der Waals surface area contributed by atoms with E-state index in [0.29, 0.717) is 13.1 Å². The SMILES string of the molecule is Cc1ccc(C)c(C(=O)CCC(=O)NCCCN)c1. The zero-order chi connectivity index (χ0) is 14.3. The third kappa shape index (κ3) is 5.22. The van der Waals surface area contributed by atoms with Crippen molar-refractivity contribution in [1.82, 2.24) is 5.32 Å². The van der Waals surface area contributed by atoms with Crippen LogP contribution in [0.1, 0.15) is 40.7 Å². The highest BCUT2D eigenvalue weighted by Crippen LogP contribution is 2.13. The maximum Gasteiger partial charge on any atom is 0.220 e. The number of carbonyl (C=O) groups excluding carboxylic acids is 2. The van der Waals surface area contributed by atoms with E-state index in [1.165, 1.54) is 0 Å². The standard InChI is InChI=1S/C15H22N2O2/c1-11-4-5-12(2)13(10-11)14(18)6-7-15(19)17-9-3-8-16/h4-5,10H,3,6-9,16H2,1-2H3,(H,17,19). The van der Waals surface area contributed by atoms with Gasteiger partial charge in [0.2, 0.25) is 5.91 Å². The fourth-order valence-corrected chi connectivity index (χ4v) is 1.82. The molecule has 1 amide bonds. The molecule has 1 aromatic rings. The molecule has 4 nitrogen and oxygen atoms in total.